The first kappa shape index (κ1) is 26.6. The van der Waals surface area contributed by atoms with E-state index in [1.807, 2.05) is 66.4 Å². The van der Waals surface area contributed by atoms with Crippen molar-refractivity contribution in [2.75, 3.05) is 68.9 Å². The normalized spacial score (nSPS) is 17.4. The second-order valence-electron chi connectivity index (χ2n) is 10.3. The number of rotatable bonds is 8. The van der Waals surface area contributed by atoms with Crippen LogP contribution in [-0.4, -0.2) is 91.0 Å². The van der Waals surface area contributed by atoms with Gasteiger partial charge in [0.15, 0.2) is 0 Å². The maximum atomic E-state index is 12.7. The van der Waals surface area contributed by atoms with Crippen LogP contribution in [0.2, 0.25) is 0 Å². The second kappa shape index (κ2) is 12.2. The topological polar surface area (TPSA) is 106 Å². The minimum Gasteiger partial charge on any atom is -0.368 e. The fourth-order valence-corrected chi connectivity index (χ4v) is 4.98. The lowest BCUT2D eigenvalue weighted by Crippen LogP contribution is -2.53. The number of piperazine rings is 1. The highest BCUT2D eigenvalue weighted by Crippen LogP contribution is 2.24. The molecule has 0 spiro atoms. The number of benzene rings is 2. The molecule has 2 fully saturated rings. The van der Waals surface area contributed by atoms with Gasteiger partial charge in [0.05, 0.1) is 18.3 Å². The van der Waals surface area contributed by atoms with Crippen LogP contribution in [0.4, 0.5) is 23.0 Å². The molecule has 10 heteroatoms. The van der Waals surface area contributed by atoms with E-state index in [1.54, 1.807) is 6.20 Å². The Balaban J connectivity index is 1.15. The van der Waals surface area contributed by atoms with Gasteiger partial charge in [0.1, 0.15) is 0 Å². The van der Waals surface area contributed by atoms with E-state index in [0.29, 0.717) is 12.5 Å². The van der Waals surface area contributed by atoms with Crippen molar-refractivity contribution in [3.8, 4) is 11.3 Å². The third-order valence-electron chi connectivity index (χ3n) is 7.02. The van der Waals surface area contributed by atoms with Crippen LogP contribution in [0.5, 0.6) is 0 Å². The van der Waals surface area contributed by atoms with Crippen molar-refractivity contribution < 1.29 is 9.59 Å². The Morgan fingerprint density at radius 1 is 0.974 bits per heavy atom. The molecule has 10 nitrogen and oxygen atoms in total. The number of amides is 2. The van der Waals surface area contributed by atoms with Crippen LogP contribution in [-0.2, 0) is 9.59 Å². The monoisotopic (exact) mass is 528 g/mol. The van der Waals surface area contributed by atoms with Crippen LogP contribution in [0.15, 0.2) is 60.8 Å². The number of likely N-dealkylation sites (N-methyl/N-ethyl adjacent to an activating group) is 1. The minimum absolute atomic E-state index is 0.00254. The smallest absolute Gasteiger partial charge is 0.239 e. The van der Waals surface area contributed by atoms with E-state index in [0.717, 1.165) is 73.9 Å². The van der Waals surface area contributed by atoms with Crippen molar-refractivity contribution in [2.45, 2.75) is 18.9 Å². The summed E-state index contributed by atoms with van der Waals surface area (Å²) in [6.45, 7) is 4.43. The van der Waals surface area contributed by atoms with Gasteiger partial charge in [0.2, 0.25) is 17.8 Å². The summed E-state index contributed by atoms with van der Waals surface area (Å²) in [5.41, 5.74) is 4.50. The molecule has 39 heavy (non-hydrogen) atoms. The maximum Gasteiger partial charge on any atom is 0.239 e. The lowest BCUT2D eigenvalue weighted by atomic mass is 10.1. The Hall–Kier alpha value is -4.02. The number of hydrogen-bond acceptors (Lipinski definition) is 8. The molecule has 0 radical (unpaired) electrons. The molecule has 2 aromatic carbocycles. The predicted octanol–water partition coefficient (Wildman–Crippen LogP) is 2.79. The van der Waals surface area contributed by atoms with E-state index < -0.39 is 0 Å². The molecule has 1 atom stereocenters. The van der Waals surface area contributed by atoms with Gasteiger partial charge < -0.3 is 30.7 Å². The molecule has 3 heterocycles. The molecule has 204 valence electrons. The molecule has 0 bridgehead atoms. The lowest BCUT2D eigenvalue weighted by molar-refractivity contribution is -0.133. The largest absolute Gasteiger partial charge is 0.368 e. The first-order valence-corrected chi connectivity index (χ1v) is 13.5. The molecule has 1 aromatic heterocycles. The van der Waals surface area contributed by atoms with E-state index in [4.69, 9.17) is 0 Å². The van der Waals surface area contributed by atoms with E-state index >= 15 is 0 Å². The summed E-state index contributed by atoms with van der Waals surface area (Å²) in [4.78, 5) is 39.8. The average molecular weight is 529 g/mol. The summed E-state index contributed by atoms with van der Waals surface area (Å²) in [6, 6.07) is 17.7. The van der Waals surface area contributed by atoms with Gasteiger partial charge in [0, 0.05) is 55.0 Å². The van der Waals surface area contributed by atoms with Gasteiger partial charge >= 0.3 is 0 Å². The summed E-state index contributed by atoms with van der Waals surface area (Å²) in [6.07, 6.45) is 3.76. The molecule has 0 saturated carbocycles. The summed E-state index contributed by atoms with van der Waals surface area (Å²) in [7, 11) is 3.72. The number of nitrogens with zero attached hydrogens (tertiary/aromatic N) is 5. The molecular formula is C29H36N8O2. The SMILES string of the molecule is CN(C)CC(=O)Nc1ccc(-c2ccnc(Nc3ccc(N4CCN(C(=O)[C@@H]5CCCN5)CC4)cc3)n2)cc1. The molecule has 0 aliphatic carbocycles. The Labute approximate surface area is 229 Å². The van der Waals surface area contributed by atoms with Crippen LogP contribution < -0.4 is 20.9 Å². The van der Waals surface area contributed by atoms with Crippen LogP contribution >= 0.6 is 0 Å². The molecule has 3 aromatic rings. The summed E-state index contributed by atoms with van der Waals surface area (Å²) in [5, 5.41) is 9.50. The average Bonchev–Trinajstić information content (AvgIpc) is 3.49. The quantitative estimate of drug-likeness (QED) is 0.410. The van der Waals surface area contributed by atoms with Gasteiger partial charge in [-0.05, 0) is 75.9 Å². The van der Waals surface area contributed by atoms with Crippen LogP contribution in [0, 0.1) is 0 Å². The molecule has 2 aliphatic heterocycles. The Morgan fingerprint density at radius 2 is 1.69 bits per heavy atom. The van der Waals surface area contributed by atoms with Crippen molar-refractivity contribution in [2.24, 2.45) is 0 Å². The summed E-state index contributed by atoms with van der Waals surface area (Å²) < 4.78 is 0. The fourth-order valence-electron chi connectivity index (χ4n) is 4.98. The summed E-state index contributed by atoms with van der Waals surface area (Å²) >= 11 is 0. The van der Waals surface area contributed by atoms with Crippen molar-refractivity contribution in [1.29, 1.82) is 0 Å². The van der Waals surface area contributed by atoms with Gasteiger partial charge in [-0.3, -0.25) is 9.59 Å². The molecule has 3 N–H and O–H groups in total. The number of hydrogen-bond donors (Lipinski definition) is 3. The number of carbonyl (C=O) groups excluding carboxylic acids is 2. The third-order valence-corrected chi connectivity index (χ3v) is 7.02. The molecule has 2 aliphatic rings. The Bertz CT molecular complexity index is 1270. The highest BCUT2D eigenvalue weighted by atomic mass is 16.2. The van der Waals surface area contributed by atoms with Crippen molar-refractivity contribution >= 4 is 34.8 Å². The van der Waals surface area contributed by atoms with E-state index in [9.17, 15) is 9.59 Å². The van der Waals surface area contributed by atoms with Crippen molar-refractivity contribution in [3.63, 3.8) is 0 Å². The number of nitrogens with one attached hydrogen (secondary N) is 3. The Morgan fingerprint density at radius 3 is 2.36 bits per heavy atom. The van der Waals surface area contributed by atoms with Crippen LogP contribution in [0.3, 0.4) is 0 Å². The highest BCUT2D eigenvalue weighted by Gasteiger charge is 2.29. The van der Waals surface area contributed by atoms with E-state index in [2.05, 4.69) is 43.0 Å². The molecule has 2 amide bonds. The molecular weight excluding hydrogens is 492 g/mol. The van der Waals surface area contributed by atoms with E-state index in [-0.39, 0.29) is 17.9 Å². The second-order valence-corrected chi connectivity index (χ2v) is 10.3. The minimum atomic E-state index is -0.0541. The molecule has 5 rings (SSSR count). The first-order chi connectivity index (χ1) is 18.9. The number of aromatic nitrogens is 2. The zero-order valence-corrected chi connectivity index (χ0v) is 22.6. The fraction of sp³-hybridized carbons (Fsp3) is 0.379. The number of anilines is 4. The lowest BCUT2D eigenvalue weighted by Gasteiger charge is -2.37. The number of carbonyl (C=O) groups is 2. The zero-order valence-electron chi connectivity index (χ0n) is 22.6. The van der Waals surface area contributed by atoms with Gasteiger partial charge in [-0.25, -0.2) is 9.97 Å². The van der Waals surface area contributed by atoms with Gasteiger partial charge in [0.25, 0.3) is 0 Å². The van der Waals surface area contributed by atoms with Gasteiger partial charge in [-0.2, -0.15) is 0 Å². The highest BCUT2D eigenvalue weighted by molar-refractivity contribution is 5.92. The Kier molecular flexibility index (Phi) is 8.33. The van der Waals surface area contributed by atoms with Gasteiger partial charge in [-0.15, -0.1) is 0 Å². The summed E-state index contributed by atoms with van der Waals surface area (Å²) in [5.74, 6) is 0.703. The molecule has 2 saturated heterocycles. The first-order valence-electron chi connectivity index (χ1n) is 13.5. The van der Waals surface area contributed by atoms with E-state index in [1.165, 1.54) is 0 Å². The standard InChI is InChI=1S/C29H36N8O2/c1-35(2)20-27(38)32-22-7-5-21(6-8-22)25-13-15-31-29(34-25)33-23-9-11-24(12-10-23)36-16-18-37(19-17-36)28(39)26-4-3-14-30-26/h5-13,15,26,30H,3-4,14,16-20H2,1-2H3,(H,32,38)(H,31,33,34)/t26-/m0/s1. The zero-order chi connectivity index (χ0) is 27.2. The molecule has 0 unspecified atom stereocenters. The van der Waals surface area contributed by atoms with Crippen LogP contribution in [0.1, 0.15) is 12.8 Å². The maximum absolute atomic E-state index is 12.7. The predicted molar refractivity (Wildman–Crippen MR) is 154 cm³/mol. The third kappa shape index (κ3) is 6.90. The van der Waals surface area contributed by atoms with Crippen molar-refractivity contribution in [3.05, 3.63) is 60.8 Å². The van der Waals surface area contributed by atoms with Crippen molar-refractivity contribution in [1.82, 2.24) is 25.1 Å². The van der Waals surface area contributed by atoms with Crippen LogP contribution in [0.25, 0.3) is 11.3 Å². The van der Waals surface area contributed by atoms with Gasteiger partial charge in [-0.1, -0.05) is 12.1 Å².